The molecule has 0 spiro atoms. The van der Waals surface area contributed by atoms with Crippen LogP contribution in [-0.4, -0.2) is 63.0 Å². The third-order valence-corrected chi connectivity index (χ3v) is 8.90. The van der Waals surface area contributed by atoms with Gasteiger partial charge < -0.3 is 10.1 Å². The lowest BCUT2D eigenvalue weighted by molar-refractivity contribution is -0.121. The second-order valence-corrected chi connectivity index (χ2v) is 12.2. The van der Waals surface area contributed by atoms with E-state index >= 15 is 0 Å². The molecular formula is C38H32ClN7O5. The van der Waals surface area contributed by atoms with Gasteiger partial charge in [0.05, 0.1) is 42.6 Å². The molecular weight excluding hydrogens is 670 g/mol. The molecule has 12 nitrogen and oxygen atoms in total. The van der Waals surface area contributed by atoms with Crippen molar-refractivity contribution in [2.75, 3.05) is 20.3 Å². The molecule has 2 amide bonds. The first kappa shape index (κ1) is 33.4. The largest absolute Gasteiger partial charge is 0.497 e. The van der Waals surface area contributed by atoms with Crippen LogP contribution in [-0.2, 0) is 9.63 Å². The Kier molecular flexibility index (Phi) is 9.18. The zero-order valence-corrected chi connectivity index (χ0v) is 28.5. The molecule has 1 aliphatic heterocycles. The summed E-state index contributed by atoms with van der Waals surface area (Å²) in [6, 6.07) is 24.9. The van der Waals surface area contributed by atoms with Crippen LogP contribution in [0.3, 0.4) is 0 Å². The molecule has 2 aromatic heterocycles. The van der Waals surface area contributed by atoms with E-state index in [0.29, 0.717) is 39.2 Å². The highest BCUT2D eigenvalue weighted by Gasteiger charge is 2.30. The third-order valence-electron chi connectivity index (χ3n) is 8.65. The highest BCUT2D eigenvalue weighted by molar-refractivity contribution is 6.30. The van der Waals surface area contributed by atoms with Gasteiger partial charge in [0.2, 0.25) is 5.91 Å². The second-order valence-electron chi connectivity index (χ2n) is 11.8. The number of para-hydroxylation sites is 1. The maximum Gasteiger partial charge on any atom is 0.274 e. The quantitative estimate of drug-likeness (QED) is 0.102. The molecule has 13 heteroatoms. The number of hydrogen-bond donors (Lipinski definition) is 2. The minimum atomic E-state index is -0.668. The van der Waals surface area contributed by atoms with Crippen LogP contribution >= 0.6 is 11.6 Å². The van der Waals surface area contributed by atoms with Crippen molar-refractivity contribution in [3.63, 3.8) is 0 Å². The smallest absolute Gasteiger partial charge is 0.274 e. The Hall–Kier alpha value is -6.11. The van der Waals surface area contributed by atoms with Gasteiger partial charge in [-0.25, -0.2) is 5.48 Å². The minimum Gasteiger partial charge on any atom is -0.497 e. The van der Waals surface area contributed by atoms with Crippen molar-refractivity contribution < 1.29 is 24.0 Å². The van der Waals surface area contributed by atoms with Gasteiger partial charge in [0.15, 0.2) is 5.82 Å². The summed E-state index contributed by atoms with van der Waals surface area (Å²) < 4.78 is 9.01. The molecule has 4 aromatic carbocycles. The first-order valence-electron chi connectivity index (χ1n) is 16.1. The van der Waals surface area contributed by atoms with E-state index in [1.165, 1.54) is 6.08 Å². The number of hydrogen-bond acceptors (Lipinski definition) is 8. The SMILES string of the molecule is C=CC(=O)n1c2ccccc2c2cc(C(=O)NOCCNC(=O)C[C@@H]3N=C(c4ccc(Cl)cc4)c4cc(OC)ccc4-n4c(C)nnc43)ccc21. The van der Waals surface area contributed by atoms with Crippen molar-refractivity contribution in [2.24, 2.45) is 4.99 Å². The number of allylic oxidation sites excluding steroid dienone is 1. The number of aliphatic imine (C=N–C) groups is 1. The van der Waals surface area contributed by atoms with E-state index in [9.17, 15) is 14.4 Å². The number of aryl methyl sites for hydroxylation is 1. The van der Waals surface area contributed by atoms with Crippen molar-refractivity contribution in [3.8, 4) is 11.4 Å². The Labute approximate surface area is 297 Å². The molecule has 0 radical (unpaired) electrons. The summed E-state index contributed by atoms with van der Waals surface area (Å²) in [5.41, 5.74) is 7.24. The summed E-state index contributed by atoms with van der Waals surface area (Å²) in [5, 5.41) is 13.7. The topological polar surface area (TPSA) is 142 Å². The number of carbonyl (C=O) groups is 3. The van der Waals surface area contributed by atoms with Crippen molar-refractivity contribution in [3.05, 3.63) is 131 Å². The molecule has 0 fully saturated rings. The van der Waals surface area contributed by atoms with Gasteiger partial charge in [0, 0.05) is 39.0 Å². The van der Waals surface area contributed by atoms with Crippen molar-refractivity contribution in [1.29, 1.82) is 0 Å². The van der Waals surface area contributed by atoms with Gasteiger partial charge in [0.25, 0.3) is 11.8 Å². The van der Waals surface area contributed by atoms with Crippen LogP contribution in [0.5, 0.6) is 5.75 Å². The number of aromatic nitrogens is 4. The average molecular weight is 702 g/mol. The van der Waals surface area contributed by atoms with Gasteiger partial charge >= 0.3 is 0 Å². The molecule has 0 bridgehead atoms. The number of benzene rings is 4. The maximum atomic E-state index is 13.3. The van der Waals surface area contributed by atoms with Gasteiger partial charge in [0.1, 0.15) is 17.6 Å². The van der Waals surface area contributed by atoms with Crippen molar-refractivity contribution >= 4 is 56.8 Å². The van der Waals surface area contributed by atoms with E-state index in [4.69, 9.17) is 26.2 Å². The number of nitrogens with one attached hydrogen (secondary N) is 2. The highest BCUT2D eigenvalue weighted by Crippen LogP contribution is 2.35. The molecule has 6 aromatic rings. The number of methoxy groups -OCH3 is 1. The molecule has 0 saturated heterocycles. The number of fused-ring (bicyclic) bond motifs is 6. The van der Waals surface area contributed by atoms with Crippen LogP contribution in [0, 0.1) is 6.92 Å². The second kappa shape index (κ2) is 14.0. The molecule has 3 heterocycles. The molecule has 0 unspecified atom stereocenters. The fourth-order valence-electron chi connectivity index (χ4n) is 6.28. The number of ether oxygens (including phenoxy) is 1. The van der Waals surface area contributed by atoms with Gasteiger partial charge in [-0.2, -0.15) is 0 Å². The van der Waals surface area contributed by atoms with Crippen molar-refractivity contribution in [2.45, 2.75) is 19.4 Å². The Morgan fingerprint density at radius 2 is 1.75 bits per heavy atom. The standard InChI is InChI=1S/C38H32ClN7O5/c1-4-35(48)46-31-8-6-5-7-27(31)28-19-24(11-15-32(28)46)38(49)44-51-18-17-40-34(47)21-30-37-43-42-22(2)45(37)33-16-14-26(50-3)20-29(33)36(41-30)23-9-12-25(39)13-10-23/h4-16,19-20,30H,1,17-18,21H2,2-3H3,(H,40,47)(H,44,49)/t30-/m0/s1. The monoisotopic (exact) mass is 701 g/mol. The lowest BCUT2D eigenvalue weighted by Crippen LogP contribution is -2.32. The van der Waals surface area contributed by atoms with Gasteiger partial charge in [-0.1, -0.05) is 48.5 Å². The predicted molar refractivity (Wildman–Crippen MR) is 194 cm³/mol. The molecule has 0 aliphatic carbocycles. The summed E-state index contributed by atoms with van der Waals surface area (Å²) in [6.07, 6.45) is 1.24. The maximum absolute atomic E-state index is 13.3. The van der Waals surface area contributed by atoms with Gasteiger partial charge in [-0.05, 0) is 67.6 Å². The summed E-state index contributed by atoms with van der Waals surface area (Å²) in [4.78, 5) is 49.3. The summed E-state index contributed by atoms with van der Waals surface area (Å²) in [6.45, 7) is 5.59. The minimum absolute atomic E-state index is 0.0113. The number of carbonyl (C=O) groups excluding carboxylic acids is 3. The van der Waals surface area contributed by atoms with Crippen molar-refractivity contribution in [1.82, 2.24) is 30.1 Å². The van der Waals surface area contributed by atoms with E-state index in [0.717, 1.165) is 33.1 Å². The first-order valence-corrected chi connectivity index (χ1v) is 16.5. The highest BCUT2D eigenvalue weighted by atomic mass is 35.5. The molecule has 1 atom stereocenters. The van der Waals surface area contributed by atoms with E-state index < -0.39 is 11.9 Å². The fourth-order valence-corrected chi connectivity index (χ4v) is 6.41. The summed E-state index contributed by atoms with van der Waals surface area (Å²) >= 11 is 6.20. The van der Waals surface area contributed by atoms with E-state index in [1.54, 1.807) is 42.0 Å². The molecule has 1 aliphatic rings. The molecule has 51 heavy (non-hydrogen) atoms. The number of rotatable bonds is 10. The number of hydroxylamine groups is 1. The lowest BCUT2D eigenvalue weighted by atomic mass is 10.00. The normalized spacial score (nSPS) is 13.5. The first-order chi connectivity index (χ1) is 24.8. The molecule has 2 N–H and O–H groups in total. The lowest BCUT2D eigenvalue weighted by Gasteiger charge is -2.14. The predicted octanol–water partition coefficient (Wildman–Crippen LogP) is 5.93. The van der Waals surface area contributed by atoms with E-state index in [1.807, 2.05) is 66.1 Å². The Balaban J connectivity index is 1.03. The zero-order chi connectivity index (χ0) is 35.6. The number of amides is 2. The average Bonchev–Trinajstić information content (AvgIpc) is 3.66. The fraction of sp³-hybridized carbons (Fsp3) is 0.158. The molecule has 7 rings (SSSR count). The Morgan fingerprint density at radius 3 is 2.53 bits per heavy atom. The van der Waals surface area contributed by atoms with Crippen LogP contribution in [0.4, 0.5) is 0 Å². The van der Waals surface area contributed by atoms with E-state index in [-0.39, 0.29) is 31.4 Å². The Bertz CT molecular complexity index is 2380. The van der Waals surface area contributed by atoms with Crippen LogP contribution < -0.4 is 15.5 Å². The van der Waals surface area contributed by atoms with Gasteiger partial charge in [-0.15, -0.1) is 10.2 Å². The molecule has 256 valence electrons. The third kappa shape index (κ3) is 6.38. The van der Waals surface area contributed by atoms with Crippen LogP contribution in [0.2, 0.25) is 5.02 Å². The Morgan fingerprint density at radius 1 is 0.961 bits per heavy atom. The van der Waals surface area contributed by atoms with E-state index in [2.05, 4.69) is 27.6 Å². The van der Waals surface area contributed by atoms with Crippen LogP contribution in [0.15, 0.2) is 103 Å². The molecule has 0 saturated carbocycles. The summed E-state index contributed by atoms with van der Waals surface area (Å²) in [7, 11) is 1.60. The number of halogens is 1. The van der Waals surface area contributed by atoms with Crippen LogP contribution in [0.1, 0.15) is 50.4 Å². The van der Waals surface area contributed by atoms with Crippen LogP contribution in [0.25, 0.3) is 27.5 Å². The van der Waals surface area contributed by atoms with Gasteiger partial charge in [-0.3, -0.25) is 33.3 Å². The zero-order valence-electron chi connectivity index (χ0n) is 27.7. The number of nitrogens with zero attached hydrogens (tertiary/aromatic N) is 5. The summed E-state index contributed by atoms with van der Waals surface area (Å²) in [5.74, 6) is 0.798.